The topological polar surface area (TPSA) is 42.0 Å². The molecule has 1 aromatic carbocycles. The number of rotatable bonds is 2. The second-order valence-corrected chi connectivity index (χ2v) is 6.23. The first-order valence-corrected chi connectivity index (χ1v) is 7.09. The van der Waals surface area contributed by atoms with E-state index < -0.39 is 0 Å². The normalized spacial score (nSPS) is 10.4. The molecule has 1 N–H and O–H groups in total. The maximum atomic E-state index is 12.1. The molecule has 0 radical (unpaired) electrons. The van der Waals surface area contributed by atoms with Gasteiger partial charge in [-0.25, -0.2) is 4.98 Å². The zero-order valence-corrected chi connectivity index (χ0v) is 12.8. The van der Waals surface area contributed by atoms with Crippen LogP contribution in [0.3, 0.4) is 0 Å². The Morgan fingerprint density at radius 3 is 2.61 bits per heavy atom. The van der Waals surface area contributed by atoms with Gasteiger partial charge in [-0.05, 0) is 53.9 Å². The van der Waals surface area contributed by atoms with Crippen LogP contribution in [-0.2, 0) is 0 Å². The van der Waals surface area contributed by atoms with E-state index in [-0.39, 0.29) is 5.91 Å². The van der Waals surface area contributed by atoms with Crippen LogP contribution in [0.2, 0.25) is 0 Å². The van der Waals surface area contributed by atoms with Crippen molar-refractivity contribution in [2.75, 3.05) is 5.32 Å². The first-order valence-electron chi connectivity index (χ1n) is 5.48. The van der Waals surface area contributed by atoms with Crippen LogP contribution in [0, 0.1) is 20.8 Å². The third-order valence-electron chi connectivity index (χ3n) is 2.52. The largest absolute Gasteiger partial charge is 0.320 e. The zero-order chi connectivity index (χ0) is 13.3. The Bertz CT molecular complexity index is 584. The lowest BCUT2D eigenvalue weighted by atomic mass is 10.1. The van der Waals surface area contributed by atoms with Crippen molar-refractivity contribution in [2.45, 2.75) is 20.8 Å². The van der Waals surface area contributed by atoms with Crippen molar-refractivity contribution in [3.8, 4) is 0 Å². The van der Waals surface area contributed by atoms with Gasteiger partial charge >= 0.3 is 0 Å². The third kappa shape index (κ3) is 2.79. The molecule has 0 aliphatic heterocycles. The predicted molar refractivity (Wildman–Crippen MR) is 78.4 cm³/mol. The van der Waals surface area contributed by atoms with Crippen molar-refractivity contribution in [2.24, 2.45) is 0 Å². The van der Waals surface area contributed by atoms with Gasteiger partial charge in [-0.3, -0.25) is 4.79 Å². The standard InChI is InChI=1S/C13H13BrN2OS/c1-7-4-8(2)12(10(14)5-7)16-13(17)11-6-15-9(3)18-11/h4-6H,1-3H3,(H,16,17). The van der Waals surface area contributed by atoms with Gasteiger partial charge < -0.3 is 5.32 Å². The van der Waals surface area contributed by atoms with E-state index in [1.807, 2.05) is 32.9 Å². The van der Waals surface area contributed by atoms with Crippen molar-refractivity contribution in [1.29, 1.82) is 0 Å². The second kappa shape index (κ2) is 5.20. The van der Waals surface area contributed by atoms with Gasteiger partial charge in [0.25, 0.3) is 5.91 Å². The number of benzene rings is 1. The van der Waals surface area contributed by atoms with Gasteiger partial charge in [0.1, 0.15) is 4.88 Å². The van der Waals surface area contributed by atoms with Gasteiger partial charge in [0, 0.05) is 4.47 Å². The number of amides is 1. The van der Waals surface area contributed by atoms with Gasteiger partial charge in [-0.1, -0.05) is 6.07 Å². The number of hydrogen-bond acceptors (Lipinski definition) is 3. The molecule has 18 heavy (non-hydrogen) atoms. The molecule has 0 unspecified atom stereocenters. The maximum Gasteiger partial charge on any atom is 0.267 e. The minimum absolute atomic E-state index is 0.117. The summed E-state index contributed by atoms with van der Waals surface area (Å²) in [6, 6.07) is 4.03. The SMILES string of the molecule is Cc1cc(C)c(NC(=O)c2cnc(C)s2)c(Br)c1. The zero-order valence-electron chi connectivity index (χ0n) is 10.4. The Balaban J connectivity index is 2.27. The summed E-state index contributed by atoms with van der Waals surface area (Å²) < 4.78 is 0.898. The van der Waals surface area contributed by atoms with Crippen molar-refractivity contribution in [3.63, 3.8) is 0 Å². The molecule has 1 amide bonds. The molecule has 0 saturated carbocycles. The molecule has 2 aromatic rings. The summed E-state index contributed by atoms with van der Waals surface area (Å²) in [6.07, 6.45) is 1.60. The number of halogens is 1. The molecule has 5 heteroatoms. The molecule has 0 aliphatic rings. The highest BCUT2D eigenvalue weighted by molar-refractivity contribution is 9.10. The lowest BCUT2D eigenvalue weighted by molar-refractivity contribution is 0.103. The van der Waals surface area contributed by atoms with Crippen LogP contribution in [-0.4, -0.2) is 10.9 Å². The molecular weight excluding hydrogens is 312 g/mol. The van der Waals surface area contributed by atoms with E-state index in [1.165, 1.54) is 11.3 Å². The van der Waals surface area contributed by atoms with Crippen LogP contribution in [0.15, 0.2) is 22.8 Å². The molecule has 0 bridgehead atoms. The Labute approximate surface area is 118 Å². The molecule has 0 saturated heterocycles. The number of anilines is 1. The average Bonchev–Trinajstić information content (AvgIpc) is 2.70. The number of aromatic nitrogens is 1. The summed E-state index contributed by atoms with van der Waals surface area (Å²) in [5.74, 6) is -0.117. The molecule has 94 valence electrons. The van der Waals surface area contributed by atoms with Gasteiger partial charge in [0.2, 0.25) is 0 Å². The highest BCUT2D eigenvalue weighted by Crippen LogP contribution is 2.28. The Kier molecular flexibility index (Phi) is 3.82. The predicted octanol–water partition coefficient (Wildman–Crippen LogP) is 4.08. The quantitative estimate of drug-likeness (QED) is 0.904. The second-order valence-electron chi connectivity index (χ2n) is 4.14. The molecule has 1 aromatic heterocycles. The van der Waals surface area contributed by atoms with Gasteiger partial charge in [0.15, 0.2) is 0 Å². The molecule has 0 fully saturated rings. The minimum atomic E-state index is -0.117. The highest BCUT2D eigenvalue weighted by atomic mass is 79.9. The fraction of sp³-hybridized carbons (Fsp3) is 0.231. The lowest BCUT2D eigenvalue weighted by Gasteiger charge is -2.10. The van der Waals surface area contributed by atoms with Crippen LogP contribution in [0.1, 0.15) is 25.8 Å². The maximum absolute atomic E-state index is 12.1. The fourth-order valence-electron chi connectivity index (χ4n) is 1.72. The van der Waals surface area contributed by atoms with Crippen LogP contribution < -0.4 is 5.32 Å². The minimum Gasteiger partial charge on any atom is -0.320 e. The number of thiazole rings is 1. The lowest BCUT2D eigenvalue weighted by Crippen LogP contribution is -2.11. The number of carbonyl (C=O) groups is 1. The van der Waals surface area contributed by atoms with Crippen LogP contribution in [0.25, 0.3) is 0 Å². The number of carbonyl (C=O) groups excluding carboxylic acids is 1. The Hall–Kier alpha value is -1.20. The van der Waals surface area contributed by atoms with Crippen molar-refractivity contribution in [1.82, 2.24) is 4.98 Å². The molecule has 0 atom stereocenters. The van der Waals surface area contributed by atoms with Crippen molar-refractivity contribution in [3.05, 3.63) is 43.8 Å². The summed E-state index contributed by atoms with van der Waals surface area (Å²) in [5, 5.41) is 3.81. The van der Waals surface area contributed by atoms with E-state index >= 15 is 0 Å². The van der Waals surface area contributed by atoms with Crippen molar-refractivity contribution < 1.29 is 4.79 Å². The molecule has 1 heterocycles. The molecule has 0 aliphatic carbocycles. The average molecular weight is 325 g/mol. The van der Waals surface area contributed by atoms with Gasteiger partial charge in [-0.2, -0.15) is 0 Å². The van der Waals surface area contributed by atoms with Crippen molar-refractivity contribution >= 4 is 38.9 Å². The summed E-state index contributed by atoms with van der Waals surface area (Å²) in [5.41, 5.74) is 3.01. The van der Waals surface area contributed by atoms with Gasteiger partial charge in [0.05, 0.1) is 16.9 Å². The van der Waals surface area contributed by atoms with Crippen LogP contribution >= 0.6 is 27.3 Å². The number of nitrogens with zero attached hydrogens (tertiary/aromatic N) is 1. The molecule has 3 nitrogen and oxygen atoms in total. The van der Waals surface area contributed by atoms with E-state index in [0.29, 0.717) is 4.88 Å². The fourth-order valence-corrected chi connectivity index (χ4v) is 3.16. The van der Waals surface area contributed by atoms with E-state index in [2.05, 4.69) is 26.2 Å². The summed E-state index contributed by atoms with van der Waals surface area (Å²) >= 11 is 4.87. The number of nitrogens with one attached hydrogen (secondary N) is 1. The van der Waals surface area contributed by atoms with E-state index in [4.69, 9.17) is 0 Å². The molecule has 2 rings (SSSR count). The van der Waals surface area contributed by atoms with E-state index in [1.54, 1.807) is 6.20 Å². The third-order valence-corrected chi connectivity index (χ3v) is 4.05. The Morgan fingerprint density at radius 1 is 1.33 bits per heavy atom. The summed E-state index contributed by atoms with van der Waals surface area (Å²) in [4.78, 5) is 16.8. The first-order chi connectivity index (χ1) is 8.47. The monoisotopic (exact) mass is 324 g/mol. The molecule has 0 spiro atoms. The summed E-state index contributed by atoms with van der Waals surface area (Å²) in [7, 11) is 0. The van der Waals surface area contributed by atoms with E-state index in [0.717, 1.165) is 26.3 Å². The highest BCUT2D eigenvalue weighted by Gasteiger charge is 2.13. The smallest absolute Gasteiger partial charge is 0.267 e. The number of hydrogen-bond donors (Lipinski definition) is 1. The number of aryl methyl sites for hydroxylation is 3. The summed E-state index contributed by atoms with van der Waals surface area (Å²) in [6.45, 7) is 5.88. The van der Waals surface area contributed by atoms with Crippen LogP contribution in [0.4, 0.5) is 5.69 Å². The van der Waals surface area contributed by atoms with E-state index in [9.17, 15) is 4.79 Å². The Morgan fingerprint density at radius 2 is 2.06 bits per heavy atom. The molecular formula is C13H13BrN2OS. The van der Waals surface area contributed by atoms with Crippen LogP contribution in [0.5, 0.6) is 0 Å². The van der Waals surface area contributed by atoms with Gasteiger partial charge in [-0.15, -0.1) is 11.3 Å². The first kappa shape index (κ1) is 13.2.